The molecule has 140 valence electrons. The molecule has 0 radical (unpaired) electrons. The van der Waals surface area contributed by atoms with Gasteiger partial charge in [-0.15, -0.1) is 0 Å². The van der Waals surface area contributed by atoms with Gasteiger partial charge in [0.1, 0.15) is 6.04 Å². The van der Waals surface area contributed by atoms with Crippen LogP contribution in [0.15, 0.2) is 24.3 Å². The van der Waals surface area contributed by atoms with E-state index in [4.69, 9.17) is 0 Å². The molecule has 2 saturated heterocycles. The lowest BCUT2D eigenvalue weighted by Crippen LogP contribution is -2.57. The fraction of sp³-hybridized carbons (Fsp3) is 0.526. The Morgan fingerprint density at radius 2 is 2.04 bits per heavy atom. The number of hydrogen-bond acceptors (Lipinski definition) is 3. The molecule has 1 N–H and O–H groups in total. The van der Waals surface area contributed by atoms with Crippen molar-refractivity contribution >= 4 is 23.5 Å². The summed E-state index contributed by atoms with van der Waals surface area (Å²) in [5.41, 5.74) is 1.22. The normalized spacial score (nSPS) is 20.5. The number of hydrogen-bond donors (Lipinski definition) is 1. The number of benzene rings is 1. The van der Waals surface area contributed by atoms with Gasteiger partial charge in [-0.3, -0.25) is 14.5 Å². The fourth-order valence-corrected chi connectivity index (χ4v) is 3.52. The first-order valence-corrected chi connectivity index (χ1v) is 9.24. The van der Waals surface area contributed by atoms with Gasteiger partial charge in [-0.25, -0.2) is 4.79 Å². The van der Waals surface area contributed by atoms with E-state index in [-0.39, 0.29) is 17.8 Å². The van der Waals surface area contributed by atoms with Crippen LogP contribution in [0.4, 0.5) is 10.5 Å². The van der Waals surface area contributed by atoms with E-state index in [1.165, 1.54) is 0 Å². The maximum atomic E-state index is 13.1. The summed E-state index contributed by atoms with van der Waals surface area (Å²) in [5.74, 6) is -0.137. The van der Waals surface area contributed by atoms with Crippen LogP contribution in [0.25, 0.3) is 0 Å². The quantitative estimate of drug-likeness (QED) is 0.870. The molecule has 0 unspecified atom stereocenters. The Morgan fingerprint density at radius 1 is 1.23 bits per heavy atom. The molecule has 7 nitrogen and oxygen atoms in total. The van der Waals surface area contributed by atoms with E-state index in [9.17, 15) is 14.4 Å². The highest BCUT2D eigenvalue weighted by Gasteiger charge is 2.36. The van der Waals surface area contributed by atoms with Crippen molar-refractivity contribution in [3.63, 3.8) is 0 Å². The Bertz CT molecular complexity index is 706. The van der Waals surface area contributed by atoms with Crippen LogP contribution in [0, 0.1) is 0 Å². The van der Waals surface area contributed by atoms with E-state index in [1.807, 2.05) is 6.07 Å². The third-order valence-electron chi connectivity index (χ3n) is 5.07. The predicted octanol–water partition coefficient (Wildman–Crippen LogP) is 1.69. The molecule has 2 aliphatic rings. The monoisotopic (exact) mass is 358 g/mol. The topological polar surface area (TPSA) is 73.0 Å². The molecule has 3 rings (SSSR count). The zero-order valence-corrected chi connectivity index (χ0v) is 15.4. The summed E-state index contributed by atoms with van der Waals surface area (Å²) in [7, 11) is 1.79. The number of anilines is 1. The van der Waals surface area contributed by atoms with Gasteiger partial charge in [0.25, 0.3) is 5.91 Å². The Labute approximate surface area is 153 Å². The van der Waals surface area contributed by atoms with Gasteiger partial charge in [0.15, 0.2) is 0 Å². The van der Waals surface area contributed by atoms with Crippen molar-refractivity contribution in [3.05, 3.63) is 29.8 Å². The molecule has 2 heterocycles. The summed E-state index contributed by atoms with van der Waals surface area (Å²) >= 11 is 0. The zero-order valence-electron chi connectivity index (χ0n) is 15.4. The Kier molecular flexibility index (Phi) is 5.44. The third-order valence-corrected chi connectivity index (χ3v) is 5.07. The molecule has 7 heteroatoms. The van der Waals surface area contributed by atoms with Crippen molar-refractivity contribution in [2.75, 3.05) is 38.1 Å². The second kappa shape index (κ2) is 7.76. The number of amides is 4. The minimum atomic E-state index is -0.403. The first-order valence-electron chi connectivity index (χ1n) is 9.24. The van der Waals surface area contributed by atoms with Gasteiger partial charge < -0.3 is 15.1 Å². The summed E-state index contributed by atoms with van der Waals surface area (Å²) in [4.78, 5) is 42.6. The molecule has 1 aromatic carbocycles. The standard InChI is InChI=1S/C19H26N4O3/c1-3-4-8-16-18(25)21(2)11-12-23(16)17(24)14-6-5-7-15(13-14)22-10-9-20-19(22)26/h5-7,13,16H,3-4,8-12H2,1-2H3,(H,20,26)/t16-/m1/s1. The highest BCUT2D eigenvalue weighted by molar-refractivity contribution is 6.00. The molecule has 1 aromatic rings. The molecule has 0 aliphatic carbocycles. The number of nitrogens with one attached hydrogen (secondary N) is 1. The largest absolute Gasteiger partial charge is 0.342 e. The van der Waals surface area contributed by atoms with E-state index < -0.39 is 6.04 Å². The average molecular weight is 358 g/mol. The van der Waals surface area contributed by atoms with Crippen molar-refractivity contribution in [2.45, 2.75) is 32.2 Å². The number of likely N-dealkylation sites (N-methyl/N-ethyl adjacent to an activating group) is 1. The number of piperazine rings is 1. The highest BCUT2D eigenvalue weighted by Crippen LogP contribution is 2.23. The van der Waals surface area contributed by atoms with Crippen molar-refractivity contribution in [1.82, 2.24) is 15.1 Å². The summed E-state index contributed by atoms with van der Waals surface area (Å²) in [5, 5.41) is 2.76. The SMILES string of the molecule is CCCC[C@@H]1C(=O)N(C)CCN1C(=O)c1cccc(N2CCNC2=O)c1. The van der Waals surface area contributed by atoms with E-state index in [0.29, 0.717) is 43.9 Å². The first kappa shape index (κ1) is 18.2. The van der Waals surface area contributed by atoms with Gasteiger partial charge in [0.05, 0.1) is 0 Å². The number of unbranched alkanes of at least 4 members (excludes halogenated alkanes) is 1. The van der Waals surface area contributed by atoms with Crippen molar-refractivity contribution in [1.29, 1.82) is 0 Å². The maximum Gasteiger partial charge on any atom is 0.321 e. The Hall–Kier alpha value is -2.57. The molecule has 26 heavy (non-hydrogen) atoms. The Balaban J connectivity index is 1.82. The lowest BCUT2D eigenvalue weighted by atomic mass is 10.0. The molecule has 2 fully saturated rings. The lowest BCUT2D eigenvalue weighted by molar-refractivity contribution is -0.138. The van der Waals surface area contributed by atoms with Crippen molar-refractivity contribution in [2.24, 2.45) is 0 Å². The minimum Gasteiger partial charge on any atom is -0.342 e. The first-order chi connectivity index (χ1) is 12.5. The van der Waals surface area contributed by atoms with Gasteiger partial charge in [0, 0.05) is 44.5 Å². The summed E-state index contributed by atoms with van der Waals surface area (Å²) in [6.45, 7) is 4.34. The van der Waals surface area contributed by atoms with Gasteiger partial charge >= 0.3 is 6.03 Å². The second-order valence-corrected chi connectivity index (χ2v) is 6.85. The molecule has 0 spiro atoms. The highest BCUT2D eigenvalue weighted by atomic mass is 16.2. The van der Waals surface area contributed by atoms with Crippen LogP contribution in [0.1, 0.15) is 36.5 Å². The van der Waals surface area contributed by atoms with E-state index in [0.717, 1.165) is 12.8 Å². The van der Waals surface area contributed by atoms with Crippen LogP contribution in [-0.4, -0.2) is 66.9 Å². The van der Waals surface area contributed by atoms with E-state index >= 15 is 0 Å². The molecule has 4 amide bonds. The van der Waals surface area contributed by atoms with E-state index in [2.05, 4.69) is 12.2 Å². The molecular weight excluding hydrogens is 332 g/mol. The van der Waals surface area contributed by atoms with Gasteiger partial charge in [-0.1, -0.05) is 25.8 Å². The Morgan fingerprint density at radius 3 is 2.73 bits per heavy atom. The van der Waals surface area contributed by atoms with E-state index in [1.54, 1.807) is 39.9 Å². The number of carbonyl (C=O) groups is 3. The number of rotatable bonds is 5. The third kappa shape index (κ3) is 3.52. The summed E-state index contributed by atoms with van der Waals surface area (Å²) < 4.78 is 0. The van der Waals surface area contributed by atoms with Crippen LogP contribution in [0.2, 0.25) is 0 Å². The van der Waals surface area contributed by atoms with Gasteiger partial charge in [-0.05, 0) is 24.6 Å². The molecule has 1 atom stereocenters. The second-order valence-electron chi connectivity index (χ2n) is 6.85. The summed E-state index contributed by atoms with van der Waals surface area (Å²) in [6.07, 6.45) is 2.57. The lowest BCUT2D eigenvalue weighted by Gasteiger charge is -2.39. The predicted molar refractivity (Wildman–Crippen MR) is 99.2 cm³/mol. The molecular formula is C19H26N4O3. The number of urea groups is 1. The number of carbonyl (C=O) groups excluding carboxylic acids is 3. The van der Waals surface area contributed by atoms with Crippen LogP contribution in [0.5, 0.6) is 0 Å². The van der Waals surface area contributed by atoms with Crippen molar-refractivity contribution in [3.8, 4) is 0 Å². The molecule has 0 saturated carbocycles. The fourth-order valence-electron chi connectivity index (χ4n) is 3.52. The minimum absolute atomic E-state index is 0.00752. The van der Waals surface area contributed by atoms with Gasteiger partial charge in [-0.2, -0.15) is 0 Å². The van der Waals surface area contributed by atoms with Crippen molar-refractivity contribution < 1.29 is 14.4 Å². The van der Waals surface area contributed by atoms with Crippen LogP contribution < -0.4 is 10.2 Å². The van der Waals surface area contributed by atoms with Crippen LogP contribution in [-0.2, 0) is 4.79 Å². The average Bonchev–Trinajstić information content (AvgIpc) is 3.08. The maximum absolute atomic E-state index is 13.1. The molecule has 2 aliphatic heterocycles. The zero-order chi connectivity index (χ0) is 18.7. The number of nitrogens with zero attached hydrogens (tertiary/aromatic N) is 3. The van der Waals surface area contributed by atoms with Crippen LogP contribution in [0.3, 0.4) is 0 Å². The summed E-state index contributed by atoms with van der Waals surface area (Å²) in [6, 6.07) is 6.55. The molecule has 0 aromatic heterocycles. The van der Waals surface area contributed by atoms with Crippen LogP contribution >= 0.6 is 0 Å². The smallest absolute Gasteiger partial charge is 0.321 e. The molecule has 0 bridgehead atoms. The van der Waals surface area contributed by atoms with Gasteiger partial charge in [0.2, 0.25) is 5.91 Å².